The van der Waals surface area contributed by atoms with E-state index in [1.165, 1.54) is 45.7 Å². The van der Waals surface area contributed by atoms with E-state index in [1.807, 2.05) is 0 Å². The van der Waals surface area contributed by atoms with Crippen LogP contribution in [0.1, 0.15) is 5.56 Å². The van der Waals surface area contributed by atoms with Crippen LogP contribution in [0.25, 0.3) is 0 Å². The third-order valence-electron chi connectivity index (χ3n) is 3.29. The first-order chi connectivity index (χ1) is 11.9. The maximum Gasteiger partial charge on any atom is 0.280 e. The minimum absolute atomic E-state index is 0.0946. The number of hydrogen-bond acceptors (Lipinski definition) is 7. The molecule has 2 N–H and O–H groups in total. The number of benzene rings is 2. The lowest BCUT2D eigenvalue weighted by Gasteiger charge is -2.10. The number of phenolic OH excluding ortho intramolecular Hbond substituents is 1. The summed E-state index contributed by atoms with van der Waals surface area (Å²) in [6, 6.07) is 9.06. The molecule has 25 heavy (non-hydrogen) atoms. The number of aromatic hydroxyl groups is 1. The molecule has 0 aromatic heterocycles. The lowest BCUT2D eigenvalue weighted by molar-refractivity contribution is 0.373. The van der Waals surface area contributed by atoms with E-state index in [4.69, 9.17) is 14.2 Å². The Hall–Kier alpha value is -2.94. The van der Waals surface area contributed by atoms with Gasteiger partial charge in [-0.05, 0) is 24.3 Å². The Morgan fingerprint density at radius 3 is 2.40 bits per heavy atom. The maximum atomic E-state index is 12.4. The third kappa shape index (κ3) is 4.13. The van der Waals surface area contributed by atoms with Gasteiger partial charge in [0.2, 0.25) is 0 Å². The van der Waals surface area contributed by atoms with Crippen LogP contribution < -0.4 is 19.0 Å². The summed E-state index contributed by atoms with van der Waals surface area (Å²) < 4.78 is 39.8. The highest BCUT2D eigenvalue weighted by Gasteiger charge is 2.19. The molecule has 0 heterocycles. The zero-order chi connectivity index (χ0) is 18.4. The van der Waals surface area contributed by atoms with E-state index >= 15 is 0 Å². The molecular formula is C16H18N2O6S. The topological polar surface area (TPSA) is 106 Å². The van der Waals surface area contributed by atoms with E-state index in [0.29, 0.717) is 11.3 Å². The lowest BCUT2D eigenvalue weighted by atomic mass is 10.2. The molecule has 0 unspecified atom stereocenters. The van der Waals surface area contributed by atoms with Gasteiger partial charge >= 0.3 is 0 Å². The van der Waals surface area contributed by atoms with Crippen molar-refractivity contribution in [1.82, 2.24) is 4.83 Å². The lowest BCUT2D eigenvalue weighted by Crippen LogP contribution is -2.19. The smallest absolute Gasteiger partial charge is 0.280 e. The highest BCUT2D eigenvalue weighted by molar-refractivity contribution is 7.89. The Morgan fingerprint density at radius 1 is 1.04 bits per heavy atom. The minimum Gasteiger partial charge on any atom is -0.504 e. The number of nitrogens with zero attached hydrogens (tertiary/aromatic N) is 1. The molecule has 9 heteroatoms. The Bertz CT molecular complexity index is 880. The van der Waals surface area contributed by atoms with Crippen LogP contribution in [0.4, 0.5) is 0 Å². The zero-order valence-corrected chi connectivity index (χ0v) is 14.7. The van der Waals surface area contributed by atoms with Gasteiger partial charge in [-0.25, -0.2) is 0 Å². The SMILES string of the molecule is COc1ccc(S(=O)(=O)NN=Cc2cccc(OC)c2O)c(OC)c1. The van der Waals surface area contributed by atoms with Crippen LogP contribution >= 0.6 is 0 Å². The van der Waals surface area contributed by atoms with Crippen molar-refractivity contribution in [2.24, 2.45) is 5.10 Å². The van der Waals surface area contributed by atoms with E-state index in [2.05, 4.69) is 9.93 Å². The highest BCUT2D eigenvalue weighted by atomic mass is 32.2. The minimum atomic E-state index is -3.97. The fourth-order valence-corrected chi connectivity index (χ4v) is 2.96. The van der Waals surface area contributed by atoms with Crippen LogP contribution in [0.5, 0.6) is 23.0 Å². The molecular weight excluding hydrogens is 348 g/mol. The summed E-state index contributed by atoms with van der Waals surface area (Å²) in [5.41, 5.74) is 0.295. The van der Waals surface area contributed by atoms with E-state index in [-0.39, 0.29) is 22.1 Å². The fourth-order valence-electron chi connectivity index (χ4n) is 2.02. The van der Waals surface area contributed by atoms with Gasteiger partial charge in [-0.15, -0.1) is 0 Å². The highest BCUT2D eigenvalue weighted by Crippen LogP contribution is 2.29. The Morgan fingerprint density at radius 2 is 1.76 bits per heavy atom. The largest absolute Gasteiger partial charge is 0.504 e. The summed E-state index contributed by atoms with van der Waals surface area (Å²) >= 11 is 0. The van der Waals surface area contributed by atoms with Gasteiger partial charge in [0.25, 0.3) is 10.0 Å². The standard InChI is InChI=1S/C16H18N2O6S/c1-22-12-7-8-15(14(9-12)24-3)25(20,21)18-17-10-11-5-4-6-13(23-2)16(11)19/h4-10,18-19H,1-3H3. The molecule has 0 aliphatic carbocycles. The fraction of sp³-hybridized carbons (Fsp3) is 0.188. The van der Waals surface area contributed by atoms with Crippen molar-refractivity contribution in [3.05, 3.63) is 42.0 Å². The van der Waals surface area contributed by atoms with Gasteiger partial charge in [-0.2, -0.15) is 18.4 Å². The summed E-state index contributed by atoms with van der Waals surface area (Å²) in [4.78, 5) is 1.97. The molecule has 0 fully saturated rings. The van der Waals surface area contributed by atoms with Crippen molar-refractivity contribution in [3.63, 3.8) is 0 Å². The number of sulfonamides is 1. The second-order valence-electron chi connectivity index (χ2n) is 4.77. The summed E-state index contributed by atoms with van der Waals surface area (Å²) in [6.07, 6.45) is 1.17. The number of rotatable bonds is 7. The summed E-state index contributed by atoms with van der Waals surface area (Å²) in [5.74, 6) is 0.686. The molecule has 0 amide bonds. The third-order valence-corrected chi connectivity index (χ3v) is 4.55. The molecule has 0 bridgehead atoms. The van der Waals surface area contributed by atoms with Crippen LogP contribution in [0.2, 0.25) is 0 Å². The normalized spacial score (nSPS) is 11.3. The van der Waals surface area contributed by atoms with E-state index in [9.17, 15) is 13.5 Å². The number of hydrogen-bond donors (Lipinski definition) is 2. The molecule has 0 saturated heterocycles. The van der Waals surface area contributed by atoms with Gasteiger partial charge in [0.1, 0.15) is 16.4 Å². The number of methoxy groups -OCH3 is 3. The van der Waals surface area contributed by atoms with Crippen LogP contribution in [-0.4, -0.2) is 41.1 Å². The molecule has 2 rings (SSSR count). The van der Waals surface area contributed by atoms with Gasteiger partial charge in [0, 0.05) is 11.6 Å². The predicted octanol–water partition coefficient (Wildman–Crippen LogP) is 1.73. The quantitative estimate of drug-likeness (QED) is 0.571. The van der Waals surface area contributed by atoms with Gasteiger partial charge < -0.3 is 19.3 Å². The van der Waals surface area contributed by atoms with Crippen molar-refractivity contribution in [2.75, 3.05) is 21.3 Å². The van der Waals surface area contributed by atoms with Crippen molar-refractivity contribution in [2.45, 2.75) is 4.90 Å². The number of ether oxygens (including phenoxy) is 3. The van der Waals surface area contributed by atoms with Crippen LogP contribution in [0, 0.1) is 0 Å². The Kier molecular flexibility index (Phi) is 5.71. The number of phenols is 1. The molecule has 0 radical (unpaired) electrons. The molecule has 0 saturated carbocycles. The van der Waals surface area contributed by atoms with Gasteiger partial charge in [-0.3, -0.25) is 0 Å². The van der Waals surface area contributed by atoms with Gasteiger partial charge in [-0.1, -0.05) is 6.07 Å². The number of hydrazone groups is 1. The summed E-state index contributed by atoms with van der Waals surface area (Å²) in [7, 11) is 0.260. The summed E-state index contributed by atoms with van der Waals surface area (Å²) in [5, 5.41) is 13.6. The number of nitrogens with one attached hydrogen (secondary N) is 1. The Labute approximate surface area is 145 Å². The Balaban J connectivity index is 2.25. The van der Waals surface area contributed by atoms with Crippen molar-refractivity contribution in [1.29, 1.82) is 0 Å². The second kappa shape index (κ2) is 7.75. The molecule has 2 aromatic carbocycles. The monoisotopic (exact) mass is 366 g/mol. The van der Waals surface area contributed by atoms with Gasteiger partial charge in [0.15, 0.2) is 11.5 Å². The first-order valence-electron chi connectivity index (χ1n) is 7.05. The van der Waals surface area contributed by atoms with Crippen molar-refractivity contribution >= 4 is 16.2 Å². The van der Waals surface area contributed by atoms with Crippen molar-refractivity contribution in [3.8, 4) is 23.0 Å². The number of para-hydroxylation sites is 1. The second-order valence-corrected chi connectivity index (χ2v) is 6.40. The molecule has 0 spiro atoms. The average molecular weight is 366 g/mol. The molecule has 134 valence electrons. The predicted molar refractivity (Wildman–Crippen MR) is 92.1 cm³/mol. The first kappa shape index (κ1) is 18.4. The molecule has 0 aliphatic heterocycles. The van der Waals surface area contributed by atoms with Gasteiger partial charge in [0.05, 0.1) is 27.5 Å². The van der Waals surface area contributed by atoms with E-state index in [1.54, 1.807) is 18.2 Å². The van der Waals surface area contributed by atoms with E-state index < -0.39 is 10.0 Å². The van der Waals surface area contributed by atoms with Crippen molar-refractivity contribution < 1.29 is 27.7 Å². The summed E-state index contributed by atoms with van der Waals surface area (Å²) in [6.45, 7) is 0. The molecule has 2 aromatic rings. The zero-order valence-electron chi connectivity index (χ0n) is 13.9. The molecule has 8 nitrogen and oxygen atoms in total. The van der Waals surface area contributed by atoms with E-state index in [0.717, 1.165) is 0 Å². The van der Waals surface area contributed by atoms with Crippen LogP contribution in [0.3, 0.4) is 0 Å². The maximum absolute atomic E-state index is 12.4. The van der Waals surface area contributed by atoms with Crippen LogP contribution in [0.15, 0.2) is 46.4 Å². The van der Waals surface area contributed by atoms with Crippen LogP contribution in [-0.2, 0) is 10.0 Å². The molecule has 0 aliphatic rings. The molecule has 0 atom stereocenters. The average Bonchev–Trinajstić information content (AvgIpc) is 2.62. The first-order valence-corrected chi connectivity index (χ1v) is 8.54.